The van der Waals surface area contributed by atoms with Gasteiger partial charge in [0.25, 0.3) is 0 Å². The first-order chi connectivity index (χ1) is 13.3. The molecular weight excluding hydrogens is 340 g/mol. The van der Waals surface area contributed by atoms with E-state index < -0.39 is 0 Å². The van der Waals surface area contributed by atoms with Crippen LogP contribution >= 0.6 is 0 Å². The Hall–Kier alpha value is -1.79. The third-order valence-electron chi connectivity index (χ3n) is 5.40. The third-order valence-corrected chi connectivity index (χ3v) is 5.40. The van der Waals surface area contributed by atoms with Crippen LogP contribution in [0.25, 0.3) is 0 Å². The van der Waals surface area contributed by atoms with Gasteiger partial charge in [-0.15, -0.1) is 0 Å². The number of methoxy groups -OCH3 is 1. The Morgan fingerprint density at radius 1 is 1.22 bits per heavy atom. The molecule has 2 aliphatic rings. The number of guanidine groups is 1. The van der Waals surface area contributed by atoms with Gasteiger partial charge in [-0.05, 0) is 43.9 Å². The van der Waals surface area contributed by atoms with E-state index in [-0.39, 0.29) is 0 Å². The molecule has 0 bridgehead atoms. The SMILES string of the molecule is CCNC(=NCCCc1ccc(OC)cc1)N1CCC(N2CCOCC2)C1. The molecule has 2 fully saturated rings. The summed E-state index contributed by atoms with van der Waals surface area (Å²) in [7, 11) is 1.70. The molecule has 27 heavy (non-hydrogen) atoms. The zero-order chi connectivity index (χ0) is 18.9. The van der Waals surface area contributed by atoms with Crippen LogP contribution < -0.4 is 10.1 Å². The van der Waals surface area contributed by atoms with Gasteiger partial charge in [0, 0.05) is 45.3 Å². The minimum absolute atomic E-state index is 0.636. The first-order valence-electron chi connectivity index (χ1n) is 10.3. The lowest BCUT2D eigenvalue weighted by atomic mass is 10.1. The van der Waals surface area contributed by atoms with Gasteiger partial charge in [0.05, 0.1) is 20.3 Å². The highest BCUT2D eigenvalue weighted by atomic mass is 16.5. The predicted octanol–water partition coefficient (Wildman–Crippen LogP) is 2.00. The second kappa shape index (κ2) is 10.5. The first kappa shape index (κ1) is 20.0. The highest BCUT2D eigenvalue weighted by Crippen LogP contribution is 2.17. The summed E-state index contributed by atoms with van der Waals surface area (Å²) in [5.74, 6) is 1.98. The Morgan fingerprint density at radius 2 is 2.00 bits per heavy atom. The Bertz CT molecular complexity index is 584. The molecule has 0 saturated carbocycles. The Balaban J connectivity index is 1.47. The summed E-state index contributed by atoms with van der Waals surface area (Å²) in [6.07, 6.45) is 3.32. The average Bonchev–Trinajstić information content (AvgIpc) is 3.21. The van der Waals surface area contributed by atoms with Gasteiger partial charge < -0.3 is 19.7 Å². The van der Waals surface area contributed by atoms with Crippen molar-refractivity contribution in [2.45, 2.75) is 32.2 Å². The van der Waals surface area contributed by atoms with Gasteiger partial charge in [0.15, 0.2) is 5.96 Å². The fourth-order valence-corrected chi connectivity index (χ4v) is 3.86. The van der Waals surface area contributed by atoms with Crippen LogP contribution in [0.1, 0.15) is 25.3 Å². The standard InChI is InChI=1S/C21H34N4O2/c1-3-22-21(23-11-4-5-18-6-8-20(26-2)9-7-18)25-12-10-19(17-25)24-13-15-27-16-14-24/h6-9,19H,3-5,10-17H2,1-2H3,(H,22,23). The minimum Gasteiger partial charge on any atom is -0.497 e. The second-order valence-electron chi connectivity index (χ2n) is 7.22. The summed E-state index contributed by atoms with van der Waals surface area (Å²) in [5, 5.41) is 3.48. The lowest BCUT2D eigenvalue weighted by Crippen LogP contribution is -2.46. The largest absolute Gasteiger partial charge is 0.497 e. The van der Waals surface area contributed by atoms with Crippen molar-refractivity contribution < 1.29 is 9.47 Å². The normalized spacial score (nSPS) is 21.5. The van der Waals surface area contributed by atoms with E-state index in [4.69, 9.17) is 14.5 Å². The van der Waals surface area contributed by atoms with Crippen molar-refractivity contribution in [2.75, 3.05) is 59.6 Å². The maximum absolute atomic E-state index is 5.49. The molecule has 0 spiro atoms. The number of ether oxygens (including phenoxy) is 2. The van der Waals surface area contributed by atoms with Crippen molar-refractivity contribution in [3.8, 4) is 5.75 Å². The van der Waals surface area contributed by atoms with Crippen molar-refractivity contribution >= 4 is 5.96 Å². The lowest BCUT2D eigenvalue weighted by molar-refractivity contribution is 0.0195. The Kier molecular flexibility index (Phi) is 7.78. The molecule has 0 amide bonds. The number of nitrogens with one attached hydrogen (secondary N) is 1. The van der Waals surface area contributed by atoms with E-state index in [9.17, 15) is 0 Å². The molecule has 150 valence electrons. The van der Waals surface area contributed by atoms with Gasteiger partial charge in [-0.1, -0.05) is 12.1 Å². The van der Waals surface area contributed by atoms with Gasteiger partial charge in [-0.25, -0.2) is 0 Å². The van der Waals surface area contributed by atoms with E-state index in [1.54, 1.807) is 7.11 Å². The highest BCUT2D eigenvalue weighted by molar-refractivity contribution is 5.80. The fraction of sp³-hybridized carbons (Fsp3) is 0.667. The molecule has 6 heteroatoms. The minimum atomic E-state index is 0.636. The predicted molar refractivity (Wildman–Crippen MR) is 110 cm³/mol. The number of likely N-dealkylation sites (tertiary alicyclic amines) is 1. The summed E-state index contributed by atoms with van der Waals surface area (Å²) in [5.41, 5.74) is 1.34. The summed E-state index contributed by atoms with van der Waals surface area (Å²) >= 11 is 0. The molecule has 1 aromatic rings. The fourth-order valence-electron chi connectivity index (χ4n) is 3.86. The van der Waals surface area contributed by atoms with E-state index in [1.807, 2.05) is 12.1 Å². The van der Waals surface area contributed by atoms with Crippen LogP contribution in [0.2, 0.25) is 0 Å². The molecule has 0 aliphatic carbocycles. The van der Waals surface area contributed by atoms with Gasteiger partial charge in [-0.3, -0.25) is 9.89 Å². The van der Waals surface area contributed by atoms with Gasteiger partial charge >= 0.3 is 0 Å². The monoisotopic (exact) mass is 374 g/mol. The maximum Gasteiger partial charge on any atom is 0.193 e. The second-order valence-corrected chi connectivity index (χ2v) is 7.22. The van der Waals surface area contributed by atoms with E-state index in [0.29, 0.717) is 6.04 Å². The number of hydrogen-bond acceptors (Lipinski definition) is 4. The van der Waals surface area contributed by atoms with Crippen molar-refractivity contribution in [1.82, 2.24) is 15.1 Å². The molecule has 1 unspecified atom stereocenters. The average molecular weight is 375 g/mol. The topological polar surface area (TPSA) is 49.3 Å². The summed E-state index contributed by atoms with van der Waals surface area (Å²) < 4.78 is 10.7. The molecule has 2 heterocycles. The van der Waals surface area contributed by atoms with Crippen molar-refractivity contribution in [1.29, 1.82) is 0 Å². The van der Waals surface area contributed by atoms with Crippen LogP contribution in [0.5, 0.6) is 5.75 Å². The number of rotatable bonds is 7. The van der Waals surface area contributed by atoms with Gasteiger partial charge in [0.1, 0.15) is 5.75 Å². The van der Waals surface area contributed by atoms with Gasteiger partial charge in [-0.2, -0.15) is 0 Å². The third kappa shape index (κ3) is 5.84. The number of morpholine rings is 1. The molecular formula is C21H34N4O2. The molecule has 0 aromatic heterocycles. The zero-order valence-corrected chi connectivity index (χ0v) is 16.8. The number of nitrogens with zero attached hydrogens (tertiary/aromatic N) is 3. The van der Waals surface area contributed by atoms with Crippen LogP contribution in [-0.4, -0.2) is 81.4 Å². The number of hydrogen-bond donors (Lipinski definition) is 1. The van der Waals surface area contributed by atoms with Crippen LogP contribution in [0.15, 0.2) is 29.3 Å². The van der Waals surface area contributed by atoms with Crippen LogP contribution in [0.4, 0.5) is 0 Å². The Labute approximate surface area is 163 Å². The van der Waals surface area contributed by atoms with Crippen molar-refractivity contribution in [3.05, 3.63) is 29.8 Å². The molecule has 0 radical (unpaired) electrons. The number of aryl methyl sites for hydroxylation is 1. The molecule has 1 N–H and O–H groups in total. The van der Waals surface area contributed by atoms with Gasteiger partial charge in [0.2, 0.25) is 0 Å². The lowest BCUT2D eigenvalue weighted by Gasteiger charge is -2.32. The Morgan fingerprint density at radius 3 is 2.70 bits per heavy atom. The smallest absolute Gasteiger partial charge is 0.193 e. The van der Waals surface area contributed by atoms with Crippen molar-refractivity contribution in [3.63, 3.8) is 0 Å². The van der Waals surface area contributed by atoms with E-state index in [0.717, 1.165) is 77.0 Å². The quantitative estimate of drug-likeness (QED) is 0.449. The van der Waals surface area contributed by atoms with E-state index in [1.165, 1.54) is 12.0 Å². The van der Waals surface area contributed by atoms with Crippen LogP contribution in [-0.2, 0) is 11.2 Å². The molecule has 1 aromatic carbocycles. The molecule has 2 aliphatic heterocycles. The molecule has 3 rings (SSSR count). The van der Waals surface area contributed by atoms with E-state index in [2.05, 4.69) is 34.2 Å². The highest BCUT2D eigenvalue weighted by Gasteiger charge is 2.30. The summed E-state index contributed by atoms with van der Waals surface area (Å²) in [6, 6.07) is 8.97. The summed E-state index contributed by atoms with van der Waals surface area (Å²) in [4.78, 5) is 9.90. The number of aliphatic imine (C=N–C) groups is 1. The molecule has 6 nitrogen and oxygen atoms in total. The number of benzene rings is 1. The maximum atomic E-state index is 5.49. The van der Waals surface area contributed by atoms with Crippen LogP contribution in [0, 0.1) is 0 Å². The zero-order valence-electron chi connectivity index (χ0n) is 16.8. The summed E-state index contributed by atoms with van der Waals surface area (Å²) in [6.45, 7) is 9.94. The first-order valence-corrected chi connectivity index (χ1v) is 10.3. The van der Waals surface area contributed by atoms with Crippen LogP contribution in [0.3, 0.4) is 0 Å². The van der Waals surface area contributed by atoms with Crippen molar-refractivity contribution in [2.24, 2.45) is 4.99 Å². The van der Waals surface area contributed by atoms with E-state index >= 15 is 0 Å². The molecule has 1 atom stereocenters. The molecule has 2 saturated heterocycles.